The molecule has 0 saturated carbocycles. The van der Waals surface area contributed by atoms with Crippen molar-refractivity contribution in [2.75, 3.05) is 13.2 Å². The Kier molecular flexibility index (Phi) is 6.16. The number of aliphatic hydroxyl groups is 1. The number of benzene rings is 1. The van der Waals surface area contributed by atoms with Crippen molar-refractivity contribution >= 4 is 0 Å². The number of para-hydroxylation sites is 1. The van der Waals surface area contributed by atoms with Gasteiger partial charge in [-0.2, -0.15) is 0 Å². The first-order valence-electron chi connectivity index (χ1n) is 6.64. The summed E-state index contributed by atoms with van der Waals surface area (Å²) < 4.78 is 5.70. The normalized spacial score (nSPS) is 13.1. The van der Waals surface area contributed by atoms with Crippen LogP contribution in [-0.4, -0.2) is 30.4 Å². The summed E-state index contributed by atoms with van der Waals surface area (Å²) in [7, 11) is 0. The van der Waals surface area contributed by atoms with E-state index in [0.717, 1.165) is 5.75 Å². The highest BCUT2D eigenvalue weighted by atomic mass is 16.5. The van der Waals surface area contributed by atoms with Crippen LogP contribution in [0, 0.1) is 0 Å². The average molecular weight is 251 g/mol. The molecule has 0 amide bonds. The first-order valence-corrected chi connectivity index (χ1v) is 6.64. The summed E-state index contributed by atoms with van der Waals surface area (Å²) in [4.78, 5) is 0. The van der Waals surface area contributed by atoms with Gasteiger partial charge in [-0.25, -0.2) is 0 Å². The Hall–Kier alpha value is -1.06. The Morgan fingerprint density at radius 1 is 1.17 bits per heavy atom. The van der Waals surface area contributed by atoms with Gasteiger partial charge in [-0.1, -0.05) is 45.9 Å². The van der Waals surface area contributed by atoms with Gasteiger partial charge in [0, 0.05) is 12.6 Å². The van der Waals surface area contributed by atoms with E-state index in [-0.39, 0.29) is 0 Å². The second kappa shape index (κ2) is 7.39. The lowest BCUT2D eigenvalue weighted by Gasteiger charge is -2.17. The van der Waals surface area contributed by atoms with Crippen molar-refractivity contribution in [2.24, 2.45) is 0 Å². The molecule has 1 atom stereocenters. The maximum Gasteiger partial charge on any atom is 0.122 e. The van der Waals surface area contributed by atoms with Gasteiger partial charge < -0.3 is 15.2 Å². The van der Waals surface area contributed by atoms with Crippen LogP contribution in [-0.2, 0) is 0 Å². The summed E-state index contributed by atoms with van der Waals surface area (Å²) in [5, 5.41) is 13.0. The zero-order chi connectivity index (χ0) is 13.5. The monoisotopic (exact) mass is 251 g/mol. The van der Waals surface area contributed by atoms with Gasteiger partial charge in [0.25, 0.3) is 0 Å². The molecule has 0 aliphatic rings. The molecule has 18 heavy (non-hydrogen) atoms. The van der Waals surface area contributed by atoms with Crippen LogP contribution in [0.2, 0.25) is 0 Å². The van der Waals surface area contributed by atoms with Crippen molar-refractivity contribution in [3.05, 3.63) is 29.8 Å². The van der Waals surface area contributed by atoms with E-state index < -0.39 is 6.10 Å². The number of hydrogen-bond donors (Lipinski definition) is 2. The van der Waals surface area contributed by atoms with Crippen LogP contribution in [0.3, 0.4) is 0 Å². The van der Waals surface area contributed by atoms with Gasteiger partial charge >= 0.3 is 0 Å². The second-order valence-electron chi connectivity index (χ2n) is 5.22. The van der Waals surface area contributed by atoms with E-state index in [9.17, 15) is 5.11 Å². The van der Waals surface area contributed by atoms with E-state index in [0.29, 0.717) is 25.1 Å². The van der Waals surface area contributed by atoms with E-state index in [4.69, 9.17) is 4.74 Å². The summed E-state index contributed by atoms with van der Waals surface area (Å²) in [6.45, 7) is 9.27. The van der Waals surface area contributed by atoms with Gasteiger partial charge in [-0.15, -0.1) is 0 Å². The predicted molar refractivity (Wildman–Crippen MR) is 75.2 cm³/mol. The number of rotatable bonds is 7. The van der Waals surface area contributed by atoms with Crippen LogP contribution in [0.4, 0.5) is 0 Å². The standard InChI is InChI=1S/C15H25NO2/c1-11(2)14-7-5-6-8-15(14)18-10-13(17)9-16-12(3)4/h5-8,11-13,16-17H,9-10H2,1-4H3/t13-/m1/s1. The fraction of sp³-hybridized carbons (Fsp3) is 0.600. The van der Waals surface area contributed by atoms with E-state index in [1.54, 1.807) is 0 Å². The molecule has 1 aromatic rings. The summed E-state index contributed by atoms with van der Waals surface area (Å²) in [6.07, 6.45) is -0.479. The zero-order valence-electron chi connectivity index (χ0n) is 11.8. The molecule has 0 saturated heterocycles. The van der Waals surface area contributed by atoms with Gasteiger partial charge in [0.1, 0.15) is 18.5 Å². The minimum absolute atomic E-state index is 0.323. The molecule has 2 N–H and O–H groups in total. The molecule has 0 unspecified atom stereocenters. The predicted octanol–water partition coefficient (Wildman–Crippen LogP) is 2.55. The SMILES string of the molecule is CC(C)NC[C@@H](O)COc1ccccc1C(C)C. The van der Waals surface area contributed by atoms with Crippen molar-refractivity contribution in [1.29, 1.82) is 0 Å². The lowest BCUT2D eigenvalue weighted by molar-refractivity contribution is 0.104. The third-order valence-electron chi connectivity index (χ3n) is 2.73. The van der Waals surface area contributed by atoms with Crippen LogP contribution >= 0.6 is 0 Å². The first-order chi connectivity index (χ1) is 8.50. The van der Waals surface area contributed by atoms with Crippen LogP contribution in [0.25, 0.3) is 0 Å². The molecular formula is C15H25NO2. The molecule has 0 fully saturated rings. The van der Waals surface area contributed by atoms with Crippen molar-refractivity contribution in [3.63, 3.8) is 0 Å². The lowest BCUT2D eigenvalue weighted by Crippen LogP contribution is -2.35. The molecular weight excluding hydrogens is 226 g/mol. The Labute approximate surface area is 110 Å². The highest BCUT2D eigenvalue weighted by Crippen LogP contribution is 2.25. The van der Waals surface area contributed by atoms with Crippen molar-refractivity contribution in [2.45, 2.75) is 45.8 Å². The Bertz CT molecular complexity index is 350. The summed E-state index contributed by atoms with van der Waals surface area (Å²) in [5.74, 6) is 1.29. The molecule has 1 rings (SSSR count). The lowest BCUT2D eigenvalue weighted by atomic mass is 10.0. The fourth-order valence-electron chi connectivity index (χ4n) is 1.71. The largest absolute Gasteiger partial charge is 0.491 e. The van der Waals surface area contributed by atoms with Crippen LogP contribution in [0.1, 0.15) is 39.2 Å². The molecule has 0 radical (unpaired) electrons. The van der Waals surface area contributed by atoms with E-state index in [1.165, 1.54) is 5.56 Å². The molecule has 1 aromatic carbocycles. The van der Waals surface area contributed by atoms with Gasteiger partial charge in [0.2, 0.25) is 0 Å². The highest BCUT2D eigenvalue weighted by Gasteiger charge is 2.10. The topological polar surface area (TPSA) is 41.5 Å². The van der Waals surface area contributed by atoms with Crippen LogP contribution in [0.5, 0.6) is 5.75 Å². The van der Waals surface area contributed by atoms with Gasteiger partial charge in [0.05, 0.1) is 0 Å². The number of aliphatic hydroxyl groups excluding tert-OH is 1. The van der Waals surface area contributed by atoms with Crippen LogP contribution in [0.15, 0.2) is 24.3 Å². The van der Waals surface area contributed by atoms with Gasteiger partial charge in [-0.05, 0) is 17.5 Å². The van der Waals surface area contributed by atoms with E-state index in [1.807, 2.05) is 18.2 Å². The minimum atomic E-state index is -0.479. The number of nitrogens with one attached hydrogen (secondary N) is 1. The molecule has 3 heteroatoms. The Morgan fingerprint density at radius 2 is 1.83 bits per heavy atom. The first kappa shape index (κ1) is 15.0. The van der Waals surface area contributed by atoms with E-state index in [2.05, 4.69) is 39.1 Å². The maximum absolute atomic E-state index is 9.80. The quantitative estimate of drug-likeness (QED) is 0.782. The van der Waals surface area contributed by atoms with Crippen molar-refractivity contribution < 1.29 is 9.84 Å². The molecule has 0 spiro atoms. The minimum Gasteiger partial charge on any atom is -0.491 e. The molecule has 0 aliphatic heterocycles. The summed E-state index contributed by atoms with van der Waals surface area (Å²) >= 11 is 0. The summed E-state index contributed by atoms with van der Waals surface area (Å²) in [5.41, 5.74) is 1.18. The second-order valence-corrected chi connectivity index (χ2v) is 5.22. The van der Waals surface area contributed by atoms with Gasteiger partial charge in [-0.3, -0.25) is 0 Å². The third-order valence-corrected chi connectivity index (χ3v) is 2.73. The number of ether oxygens (including phenoxy) is 1. The van der Waals surface area contributed by atoms with Crippen molar-refractivity contribution in [1.82, 2.24) is 5.32 Å². The Balaban J connectivity index is 2.48. The molecule has 102 valence electrons. The van der Waals surface area contributed by atoms with E-state index >= 15 is 0 Å². The zero-order valence-corrected chi connectivity index (χ0v) is 11.8. The highest BCUT2D eigenvalue weighted by molar-refractivity contribution is 5.35. The smallest absolute Gasteiger partial charge is 0.122 e. The fourth-order valence-corrected chi connectivity index (χ4v) is 1.71. The number of hydrogen-bond acceptors (Lipinski definition) is 3. The van der Waals surface area contributed by atoms with Crippen molar-refractivity contribution in [3.8, 4) is 5.75 Å². The summed E-state index contributed by atoms with van der Waals surface area (Å²) in [6, 6.07) is 8.37. The molecule has 0 bridgehead atoms. The third kappa shape index (κ3) is 5.07. The maximum atomic E-state index is 9.80. The molecule has 0 heterocycles. The molecule has 0 aromatic heterocycles. The van der Waals surface area contributed by atoms with Crippen LogP contribution < -0.4 is 10.1 Å². The Morgan fingerprint density at radius 3 is 2.44 bits per heavy atom. The molecule has 3 nitrogen and oxygen atoms in total. The molecule has 0 aliphatic carbocycles. The van der Waals surface area contributed by atoms with Gasteiger partial charge in [0.15, 0.2) is 0 Å². The average Bonchev–Trinajstić information content (AvgIpc) is 2.34.